The topological polar surface area (TPSA) is 54.9 Å². The number of hydrogen-bond acceptors (Lipinski definition) is 2. The quantitative estimate of drug-likeness (QED) is 0.882. The van der Waals surface area contributed by atoms with Crippen LogP contribution in [0.1, 0.15) is 44.2 Å². The van der Waals surface area contributed by atoms with Crippen LogP contribution in [0.2, 0.25) is 5.15 Å². The van der Waals surface area contributed by atoms with Crippen molar-refractivity contribution in [3.05, 3.63) is 61.4 Å². The van der Waals surface area contributed by atoms with Gasteiger partial charge in [-0.05, 0) is 30.0 Å². The van der Waals surface area contributed by atoms with Crippen molar-refractivity contribution in [2.45, 2.75) is 39.5 Å². The van der Waals surface area contributed by atoms with E-state index in [-0.39, 0.29) is 16.6 Å². The lowest BCUT2D eigenvalue weighted by atomic mass is 10.1. The summed E-state index contributed by atoms with van der Waals surface area (Å²) in [5.74, 6) is -0.0625. The Bertz CT molecular complexity index is 742. The molecule has 21 heavy (non-hydrogen) atoms. The highest BCUT2D eigenvalue weighted by molar-refractivity contribution is 6.30. The summed E-state index contributed by atoms with van der Waals surface area (Å²) < 4.78 is 1.14. The Balaban J connectivity index is 2.61. The molecule has 0 spiro atoms. The number of nitrogens with one attached hydrogen (secondary N) is 1. The maximum Gasteiger partial charge on any atom is 0.334 e. The van der Waals surface area contributed by atoms with Crippen molar-refractivity contribution < 1.29 is 0 Å². The van der Waals surface area contributed by atoms with Gasteiger partial charge >= 0.3 is 5.69 Å². The van der Waals surface area contributed by atoms with Crippen LogP contribution in [0.25, 0.3) is 5.69 Å². The molecule has 0 aliphatic rings. The van der Waals surface area contributed by atoms with Gasteiger partial charge < -0.3 is 0 Å². The van der Waals surface area contributed by atoms with Crippen LogP contribution in [-0.2, 0) is 6.42 Å². The third kappa shape index (κ3) is 3.10. The summed E-state index contributed by atoms with van der Waals surface area (Å²) in [6, 6.07) is 7.46. The van der Waals surface area contributed by atoms with E-state index in [9.17, 15) is 9.59 Å². The minimum absolute atomic E-state index is 0.0625. The van der Waals surface area contributed by atoms with E-state index < -0.39 is 5.69 Å². The van der Waals surface area contributed by atoms with E-state index in [0.717, 1.165) is 17.4 Å². The van der Waals surface area contributed by atoms with Gasteiger partial charge in [-0.3, -0.25) is 9.78 Å². The first-order valence-corrected chi connectivity index (χ1v) is 7.47. The first-order valence-electron chi connectivity index (χ1n) is 7.09. The van der Waals surface area contributed by atoms with E-state index >= 15 is 0 Å². The summed E-state index contributed by atoms with van der Waals surface area (Å²) in [5.41, 5.74) is 1.29. The maximum atomic E-state index is 12.5. The van der Waals surface area contributed by atoms with Gasteiger partial charge in [-0.25, -0.2) is 9.36 Å². The predicted octanol–water partition coefficient (Wildman–Crippen LogP) is 3.26. The average Bonchev–Trinajstić information content (AvgIpc) is 2.40. The Morgan fingerprint density at radius 3 is 2.33 bits per heavy atom. The van der Waals surface area contributed by atoms with Crippen molar-refractivity contribution >= 4 is 11.6 Å². The van der Waals surface area contributed by atoms with Crippen LogP contribution in [0.15, 0.2) is 33.9 Å². The lowest BCUT2D eigenvalue weighted by Gasteiger charge is -2.11. The van der Waals surface area contributed by atoms with Crippen molar-refractivity contribution in [2.75, 3.05) is 0 Å². The van der Waals surface area contributed by atoms with Crippen molar-refractivity contribution in [3.8, 4) is 5.69 Å². The fraction of sp³-hybridized carbons (Fsp3) is 0.375. The van der Waals surface area contributed by atoms with Gasteiger partial charge in [-0.15, -0.1) is 0 Å². The second kappa shape index (κ2) is 6.31. The van der Waals surface area contributed by atoms with E-state index in [1.54, 1.807) is 12.1 Å². The van der Waals surface area contributed by atoms with Gasteiger partial charge in [0.15, 0.2) is 0 Å². The van der Waals surface area contributed by atoms with Crippen LogP contribution in [0.4, 0.5) is 0 Å². The smallest absolute Gasteiger partial charge is 0.297 e. The van der Waals surface area contributed by atoms with Crippen molar-refractivity contribution in [1.82, 2.24) is 9.55 Å². The third-order valence-corrected chi connectivity index (χ3v) is 3.70. The van der Waals surface area contributed by atoms with E-state index in [1.807, 2.05) is 26.0 Å². The minimum atomic E-state index is -0.516. The number of nitrogens with zero attached hydrogens (tertiary/aromatic N) is 1. The number of H-pyrrole nitrogens is 1. The average molecular weight is 307 g/mol. The normalized spacial score (nSPS) is 11.1. The van der Waals surface area contributed by atoms with Crippen LogP contribution in [0, 0.1) is 0 Å². The number of halogens is 1. The van der Waals surface area contributed by atoms with Gasteiger partial charge in [0.1, 0.15) is 5.15 Å². The molecule has 1 aromatic carbocycles. The Labute approximate surface area is 128 Å². The minimum Gasteiger partial charge on any atom is -0.297 e. The van der Waals surface area contributed by atoms with E-state index in [2.05, 4.69) is 11.9 Å². The van der Waals surface area contributed by atoms with Crippen LogP contribution < -0.4 is 11.2 Å². The van der Waals surface area contributed by atoms with Gasteiger partial charge in [-0.2, -0.15) is 0 Å². The van der Waals surface area contributed by atoms with Gasteiger partial charge in [0.2, 0.25) is 0 Å². The molecular weight excluding hydrogens is 288 g/mol. The maximum absolute atomic E-state index is 12.5. The lowest BCUT2D eigenvalue weighted by molar-refractivity contribution is 0.777. The second-order valence-corrected chi connectivity index (χ2v) is 5.75. The molecular formula is C16H19ClN2O2. The fourth-order valence-electron chi connectivity index (χ4n) is 2.36. The monoisotopic (exact) mass is 306 g/mol. The molecule has 1 aromatic heterocycles. The Morgan fingerprint density at radius 1 is 1.19 bits per heavy atom. The van der Waals surface area contributed by atoms with E-state index in [4.69, 9.17) is 11.6 Å². The highest BCUT2D eigenvalue weighted by Gasteiger charge is 2.16. The fourth-order valence-corrected chi connectivity index (χ4v) is 2.74. The SMILES string of the molecule is CCCc1ccc(-n2c(=O)[nH]c(Cl)c(C(C)C)c2=O)cc1. The van der Waals surface area contributed by atoms with Crippen molar-refractivity contribution in [3.63, 3.8) is 0 Å². The van der Waals surface area contributed by atoms with E-state index in [0.29, 0.717) is 11.3 Å². The zero-order valence-electron chi connectivity index (χ0n) is 12.4. The van der Waals surface area contributed by atoms with Gasteiger partial charge in [-0.1, -0.05) is 50.9 Å². The van der Waals surface area contributed by atoms with E-state index in [1.165, 1.54) is 5.56 Å². The molecule has 4 nitrogen and oxygen atoms in total. The molecule has 0 amide bonds. The third-order valence-electron chi connectivity index (χ3n) is 3.40. The number of aryl methyl sites for hydroxylation is 1. The summed E-state index contributed by atoms with van der Waals surface area (Å²) in [6.07, 6.45) is 2.03. The first kappa shape index (κ1) is 15.6. The predicted molar refractivity (Wildman–Crippen MR) is 85.8 cm³/mol. The summed E-state index contributed by atoms with van der Waals surface area (Å²) in [4.78, 5) is 27.1. The zero-order valence-corrected chi connectivity index (χ0v) is 13.2. The van der Waals surface area contributed by atoms with Crippen LogP contribution >= 0.6 is 11.6 Å². The Hall–Kier alpha value is -1.81. The zero-order chi connectivity index (χ0) is 15.6. The molecule has 1 N–H and O–H groups in total. The first-order chi connectivity index (χ1) is 9.95. The molecule has 0 saturated carbocycles. The van der Waals surface area contributed by atoms with Crippen molar-refractivity contribution in [2.24, 2.45) is 0 Å². The molecule has 0 fully saturated rings. The summed E-state index contributed by atoms with van der Waals surface area (Å²) in [7, 11) is 0. The molecule has 2 rings (SSSR count). The van der Waals surface area contributed by atoms with Gasteiger partial charge in [0, 0.05) is 0 Å². The van der Waals surface area contributed by atoms with Gasteiger partial charge in [0.05, 0.1) is 11.3 Å². The number of aromatic nitrogens is 2. The number of hydrogen-bond donors (Lipinski definition) is 1. The van der Waals surface area contributed by atoms with Crippen molar-refractivity contribution in [1.29, 1.82) is 0 Å². The molecule has 0 aliphatic heterocycles. The van der Waals surface area contributed by atoms with Crippen LogP contribution in [0.3, 0.4) is 0 Å². The summed E-state index contributed by atoms with van der Waals surface area (Å²) >= 11 is 5.99. The number of benzene rings is 1. The highest BCUT2D eigenvalue weighted by Crippen LogP contribution is 2.17. The second-order valence-electron chi connectivity index (χ2n) is 5.37. The molecule has 0 atom stereocenters. The molecule has 2 aromatic rings. The molecule has 0 unspecified atom stereocenters. The molecule has 0 aliphatic carbocycles. The summed E-state index contributed by atoms with van der Waals surface area (Å²) in [6.45, 7) is 5.85. The Kier molecular flexibility index (Phi) is 4.68. The molecule has 112 valence electrons. The summed E-state index contributed by atoms with van der Waals surface area (Å²) in [5, 5.41) is 0.124. The molecule has 0 saturated heterocycles. The number of rotatable bonds is 4. The molecule has 0 radical (unpaired) electrons. The highest BCUT2D eigenvalue weighted by atomic mass is 35.5. The van der Waals surface area contributed by atoms with Gasteiger partial charge in [0.25, 0.3) is 5.56 Å². The van der Waals surface area contributed by atoms with Crippen LogP contribution in [0.5, 0.6) is 0 Å². The molecule has 5 heteroatoms. The Morgan fingerprint density at radius 2 is 1.81 bits per heavy atom. The standard InChI is InChI=1S/C16H19ClN2O2/c1-4-5-11-6-8-12(9-7-11)19-15(20)13(10(2)3)14(17)18-16(19)21/h6-10H,4-5H2,1-3H3,(H,18,21). The lowest BCUT2D eigenvalue weighted by Crippen LogP contribution is -2.36. The molecule has 1 heterocycles. The van der Waals surface area contributed by atoms with Crippen LogP contribution in [-0.4, -0.2) is 9.55 Å². The molecule has 0 bridgehead atoms. The largest absolute Gasteiger partial charge is 0.334 e. The number of aromatic amines is 1.